The van der Waals surface area contributed by atoms with Gasteiger partial charge in [0.1, 0.15) is 6.10 Å². The zero-order valence-corrected chi connectivity index (χ0v) is 9.93. The Labute approximate surface area is 94.3 Å². The second kappa shape index (κ2) is 3.88. The van der Waals surface area contributed by atoms with Gasteiger partial charge in [-0.15, -0.1) is 11.3 Å². The molecule has 4 heteroatoms. The molecular weight excluding hydrogens is 264 g/mol. The van der Waals surface area contributed by atoms with Gasteiger partial charge in [-0.05, 0) is 40.5 Å². The minimum Gasteiger partial charge on any atom is -0.472 e. The third-order valence-electron chi connectivity index (χ3n) is 2.08. The Morgan fingerprint density at radius 2 is 2.36 bits per heavy atom. The SMILES string of the molecule is Cc1sc(Br)cc1C(O)c1ccoc1. The molecule has 74 valence electrons. The molecule has 2 aromatic heterocycles. The zero-order chi connectivity index (χ0) is 10.1. The lowest BCUT2D eigenvalue weighted by Gasteiger charge is -2.06. The van der Waals surface area contributed by atoms with Crippen molar-refractivity contribution in [3.63, 3.8) is 0 Å². The Morgan fingerprint density at radius 1 is 1.57 bits per heavy atom. The molecule has 0 saturated heterocycles. The highest BCUT2D eigenvalue weighted by atomic mass is 79.9. The van der Waals surface area contributed by atoms with Crippen molar-refractivity contribution in [2.24, 2.45) is 0 Å². The van der Waals surface area contributed by atoms with Gasteiger partial charge >= 0.3 is 0 Å². The van der Waals surface area contributed by atoms with E-state index in [-0.39, 0.29) is 0 Å². The number of hydrogen-bond acceptors (Lipinski definition) is 3. The Balaban J connectivity index is 2.36. The van der Waals surface area contributed by atoms with Crippen molar-refractivity contribution in [2.45, 2.75) is 13.0 Å². The summed E-state index contributed by atoms with van der Waals surface area (Å²) in [4.78, 5) is 1.12. The van der Waals surface area contributed by atoms with Gasteiger partial charge in [0.2, 0.25) is 0 Å². The summed E-state index contributed by atoms with van der Waals surface area (Å²) in [6.45, 7) is 1.99. The summed E-state index contributed by atoms with van der Waals surface area (Å²) in [5, 5.41) is 10.0. The van der Waals surface area contributed by atoms with E-state index in [2.05, 4.69) is 15.9 Å². The smallest absolute Gasteiger partial charge is 0.108 e. The monoisotopic (exact) mass is 272 g/mol. The molecular formula is C10H9BrO2S. The van der Waals surface area contributed by atoms with Gasteiger partial charge < -0.3 is 9.52 Å². The van der Waals surface area contributed by atoms with Crippen molar-refractivity contribution >= 4 is 27.3 Å². The molecule has 0 bridgehead atoms. The van der Waals surface area contributed by atoms with E-state index < -0.39 is 6.10 Å². The predicted molar refractivity (Wildman–Crippen MR) is 59.5 cm³/mol. The van der Waals surface area contributed by atoms with E-state index in [4.69, 9.17) is 4.42 Å². The second-order valence-corrected chi connectivity index (χ2v) is 5.66. The summed E-state index contributed by atoms with van der Waals surface area (Å²) >= 11 is 5.02. The molecule has 1 N–H and O–H groups in total. The molecule has 2 nitrogen and oxygen atoms in total. The van der Waals surface area contributed by atoms with E-state index in [9.17, 15) is 5.11 Å². The largest absolute Gasteiger partial charge is 0.472 e. The van der Waals surface area contributed by atoms with Crippen LogP contribution in [0.3, 0.4) is 0 Å². The predicted octanol–water partition coefficient (Wildman–Crippen LogP) is 3.49. The number of thiophene rings is 1. The van der Waals surface area contributed by atoms with Crippen molar-refractivity contribution in [3.05, 3.63) is 44.4 Å². The fourth-order valence-electron chi connectivity index (χ4n) is 1.34. The molecule has 0 aliphatic carbocycles. The molecule has 0 aromatic carbocycles. The van der Waals surface area contributed by atoms with Gasteiger partial charge in [-0.25, -0.2) is 0 Å². The molecule has 2 aromatic rings. The lowest BCUT2D eigenvalue weighted by Crippen LogP contribution is -1.97. The van der Waals surface area contributed by atoms with E-state index in [0.29, 0.717) is 0 Å². The maximum absolute atomic E-state index is 10.0. The van der Waals surface area contributed by atoms with Gasteiger partial charge in [-0.1, -0.05) is 0 Å². The Morgan fingerprint density at radius 3 is 2.86 bits per heavy atom. The third-order valence-corrected chi connectivity index (χ3v) is 3.65. The molecule has 0 spiro atoms. The molecule has 2 rings (SSSR count). The van der Waals surface area contributed by atoms with Crippen LogP contribution in [-0.2, 0) is 0 Å². The summed E-state index contributed by atoms with van der Waals surface area (Å²) in [6, 6.07) is 3.72. The number of aliphatic hydroxyl groups excluding tert-OH is 1. The number of rotatable bonds is 2. The van der Waals surface area contributed by atoms with Crippen molar-refractivity contribution in [1.29, 1.82) is 0 Å². The number of aryl methyl sites for hydroxylation is 1. The topological polar surface area (TPSA) is 33.4 Å². The van der Waals surface area contributed by atoms with Crippen LogP contribution in [0.5, 0.6) is 0 Å². The lowest BCUT2D eigenvalue weighted by atomic mass is 10.1. The number of aliphatic hydroxyl groups is 1. The third kappa shape index (κ3) is 1.78. The van der Waals surface area contributed by atoms with E-state index in [0.717, 1.165) is 19.8 Å². The van der Waals surface area contributed by atoms with Crippen molar-refractivity contribution < 1.29 is 9.52 Å². The van der Waals surface area contributed by atoms with Crippen LogP contribution in [0.4, 0.5) is 0 Å². The summed E-state index contributed by atoms with van der Waals surface area (Å²) < 4.78 is 5.97. The van der Waals surface area contributed by atoms with Crippen molar-refractivity contribution in [3.8, 4) is 0 Å². The van der Waals surface area contributed by atoms with Crippen LogP contribution in [0.25, 0.3) is 0 Å². The highest BCUT2D eigenvalue weighted by molar-refractivity contribution is 9.11. The minimum atomic E-state index is -0.587. The maximum atomic E-state index is 10.0. The van der Waals surface area contributed by atoms with Crippen LogP contribution in [0, 0.1) is 6.92 Å². The van der Waals surface area contributed by atoms with Crippen LogP contribution in [0.15, 0.2) is 32.9 Å². The van der Waals surface area contributed by atoms with Crippen molar-refractivity contribution in [1.82, 2.24) is 0 Å². The first-order valence-electron chi connectivity index (χ1n) is 4.14. The van der Waals surface area contributed by atoms with E-state index >= 15 is 0 Å². The van der Waals surface area contributed by atoms with Gasteiger partial charge in [-0.2, -0.15) is 0 Å². The minimum absolute atomic E-state index is 0.587. The second-order valence-electron chi connectivity index (χ2n) is 3.02. The van der Waals surface area contributed by atoms with Crippen LogP contribution >= 0.6 is 27.3 Å². The summed E-state index contributed by atoms with van der Waals surface area (Å²) in [6.07, 6.45) is 2.54. The summed E-state index contributed by atoms with van der Waals surface area (Å²) in [5.41, 5.74) is 1.72. The van der Waals surface area contributed by atoms with E-state index in [1.54, 1.807) is 29.9 Å². The Hall–Kier alpha value is -0.580. The average molecular weight is 273 g/mol. The normalized spacial score (nSPS) is 13.1. The molecule has 1 atom stereocenters. The Kier molecular flexibility index (Phi) is 2.76. The molecule has 0 fully saturated rings. The fourth-order valence-corrected chi connectivity index (χ4v) is 3.08. The fraction of sp³-hybridized carbons (Fsp3) is 0.200. The molecule has 14 heavy (non-hydrogen) atoms. The standard InChI is InChI=1S/C10H9BrO2S/c1-6-8(4-9(11)14-6)10(12)7-2-3-13-5-7/h2-5,10,12H,1H3. The summed E-state index contributed by atoms with van der Waals surface area (Å²) in [5.74, 6) is 0. The first-order valence-corrected chi connectivity index (χ1v) is 5.75. The van der Waals surface area contributed by atoms with Gasteiger partial charge in [0.25, 0.3) is 0 Å². The lowest BCUT2D eigenvalue weighted by molar-refractivity contribution is 0.219. The number of hydrogen-bond donors (Lipinski definition) is 1. The molecule has 0 saturated carbocycles. The summed E-state index contributed by atoms with van der Waals surface area (Å²) in [7, 11) is 0. The quantitative estimate of drug-likeness (QED) is 0.908. The molecule has 0 amide bonds. The van der Waals surface area contributed by atoms with Gasteiger partial charge in [0.15, 0.2) is 0 Å². The first-order chi connectivity index (χ1) is 6.68. The van der Waals surface area contributed by atoms with Crippen LogP contribution in [-0.4, -0.2) is 5.11 Å². The highest BCUT2D eigenvalue weighted by Gasteiger charge is 2.16. The van der Waals surface area contributed by atoms with Crippen molar-refractivity contribution in [2.75, 3.05) is 0 Å². The van der Waals surface area contributed by atoms with Crippen LogP contribution in [0.1, 0.15) is 22.1 Å². The maximum Gasteiger partial charge on any atom is 0.108 e. The molecule has 2 heterocycles. The number of halogens is 1. The van der Waals surface area contributed by atoms with Gasteiger partial charge in [0.05, 0.1) is 16.3 Å². The van der Waals surface area contributed by atoms with Crippen LogP contribution < -0.4 is 0 Å². The molecule has 0 aliphatic rings. The Bertz CT molecular complexity index is 419. The molecule has 1 unspecified atom stereocenters. The molecule has 0 radical (unpaired) electrons. The van der Waals surface area contributed by atoms with Gasteiger partial charge in [-0.3, -0.25) is 0 Å². The average Bonchev–Trinajstić information content (AvgIpc) is 2.73. The molecule has 0 aliphatic heterocycles. The highest BCUT2D eigenvalue weighted by Crippen LogP contribution is 2.33. The van der Waals surface area contributed by atoms with E-state index in [1.165, 1.54) is 0 Å². The zero-order valence-electron chi connectivity index (χ0n) is 7.53. The van der Waals surface area contributed by atoms with Crippen LogP contribution in [0.2, 0.25) is 0 Å². The number of furan rings is 1. The van der Waals surface area contributed by atoms with E-state index in [1.807, 2.05) is 13.0 Å². The first kappa shape index (κ1) is 9.96. The van der Waals surface area contributed by atoms with Gasteiger partial charge in [0, 0.05) is 10.4 Å².